The van der Waals surface area contributed by atoms with Gasteiger partial charge in [0.15, 0.2) is 15.2 Å². The van der Waals surface area contributed by atoms with Gasteiger partial charge in [-0.25, -0.2) is 8.42 Å². The minimum Gasteiger partial charge on any atom is -0.330 e. The molecule has 5 nitrogen and oxygen atoms in total. The lowest BCUT2D eigenvalue weighted by Crippen LogP contribution is -2.18. The van der Waals surface area contributed by atoms with Crippen molar-refractivity contribution in [2.75, 3.05) is 12.3 Å². The predicted octanol–water partition coefficient (Wildman–Crippen LogP) is 0.400. The number of hydrogen-bond acceptors (Lipinski definition) is 4. The van der Waals surface area contributed by atoms with Crippen LogP contribution < -0.4 is 5.73 Å². The van der Waals surface area contributed by atoms with Gasteiger partial charge in [-0.2, -0.15) is 5.10 Å². The molecule has 1 fully saturated rings. The number of sulfone groups is 1. The molecule has 1 aromatic rings. The number of hydrogen-bond donors (Lipinski definition) is 1. The van der Waals surface area contributed by atoms with Crippen molar-refractivity contribution in [2.24, 2.45) is 5.73 Å². The summed E-state index contributed by atoms with van der Waals surface area (Å²) in [4.78, 5) is 0. The van der Waals surface area contributed by atoms with Crippen molar-refractivity contribution in [3.8, 4) is 0 Å². The van der Waals surface area contributed by atoms with E-state index in [9.17, 15) is 8.42 Å². The molecule has 1 aliphatic heterocycles. The van der Waals surface area contributed by atoms with Crippen LogP contribution >= 0.6 is 0 Å². The van der Waals surface area contributed by atoms with Crippen molar-refractivity contribution >= 4 is 9.84 Å². The van der Waals surface area contributed by atoms with Crippen molar-refractivity contribution in [1.29, 1.82) is 0 Å². The van der Waals surface area contributed by atoms with Gasteiger partial charge in [0, 0.05) is 5.69 Å². The molecule has 0 amide bonds. The lowest BCUT2D eigenvalue weighted by molar-refractivity contribution is 0.518. The SMILES string of the molecule is Cc1c(CCN)cnn1C1CCCS1(=O)=O. The molecule has 1 saturated heterocycles. The molecule has 2 rings (SSSR count). The molecule has 1 aliphatic rings. The van der Waals surface area contributed by atoms with E-state index >= 15 is 0 Å². The topological polar surface area (TPSA) is 78.0 Å². The first kappa shape index (κ1) is 11.6. The summed E-state index contributed by atoms with van der Waals surface area (Å²) in [6.07, 6.45) is 3.89. The van der Waals surface area contributed by atoms with Crippen LogP contribution in [0.5, 0.6) is 0 Å². The Bertz CT molecular complexity index is 478. The van der Waals surface area contributed by atoms with Crippen LogP contribution in [-0.2, 0) is 16.3 Å². The second-order valence-corrected chi connectivity index (χ2v) is 6.48. The smallest absolute Gasteiger partial charge is 0.173 e. The first-order chi connectivity index (χ1) is 7.56. The highest BCUT2D eigenvalue weighted by Crippen LogP contribution is 2.30. The molecule has 0 spiro atoms. The van der Waals surface area contributed by atoms with Crippen LogP contribution in [-0.4, -0.2) is 30.5 Å². The molecule has 1 unspecified atom stereocenters. The molecule has 0 aliphatic carbocycles. The summed E-state index contributed by atoms with van der Waals surface area (Å²) in [5.74, 6) is 0.281. The van der Waals surface area contributed by atoms with Crippen LogP contribution in [0.2, 0.25) is 0 Å². The fourth-order valence-corrected chi connectivity index (χ4v) is 4.08. The number of rotatable bonds is 3. The Morgan fingerprint density at radius 3 is 2.94 bits per heavy atom. The lowest BCUT2D eigenvalue weighted by Gasteiger charge is -2.12. The molecule has 6 heteroatoms. The van der Waals surface area contributed by atoms with Gasteiger partial charge in [-0.1, -0.05) is 0 Å². The first-order valence-electron chi connectivity index (χ1n) is 5.51. The Morgan fingerprint density at radius 1 is 1.62 bits per heavy atom. The summed E-state index contributed by atoms with van der Waals surface area (Å²) in [7, 11) is -3.00. The van der Waals surface area contributed by atoms with Gasteiger partial charge in [0.25, 0.3) is 0 Å². The van der Waals surface area contributed by atoms with E-state index in [1.54, 1.807) is 10.9 Å². The normalized spacial score (nSPS) is 23.8. The van der Waals surface area contributed by atoms with Crippen LogP contribution in [0.15, 0.2) is 6.20 Å². The van der Waals surface area contributed by atoms with E-state index in [1.807, 2.05) is 6.92 Å². The van der Waals surface area contributed by atoms with Crippen LogP contribution in [0.25, 0.3) is 0 Å². The quantitative estimate of drug-likeness (QED) is 0.833. The molecule has 0 radical (unpaired) electrons. The molecule has 0 saturated carbocycles. The molecule has 1 atom stereocenters. The third-order valence-electron chi connectivity index (χ3n) is 3.13. The molecule has 0 aromatic carbocycles. The summed E-state index contributed by atoms with van der Waals surface area (Å²) in [5, 5.41) is 3.73. The molecule has 0 bridgehead atoms. The van der Waals surface area contributed by atoms with Gasteiger partial charge in [0.05, 0.1) is 11.9 Å². The van der Waals surface area contributed by atoms with E-state index in [2.05, 4.69) is 5.10 Å². The van der Waals surface area contributed by atoms with Crippen molar-refractivity contribution in [2.45, 2.75) is 31.6 Å². The highest BCUT2D eigenvalue weighted by Gasteiger charge is 2.34. The maximum Gasteiger partial charge on any atom is 0.173 e. The molecule has 2 N–H and O–H groups in total. The van der Waals surface area contributed by atoms with Crippen molar-refractivity contribution in [3.05, 3.63) is 17.5 Å². The maximum atomic E-state index is 11.8. The fourth-order valence-electron chi connectivity index (χ4n) is 2.20. The van der Waals surface area contributed by atoms with Crippen LogP contribution in [0.4, 0.5) is 0 Å². The van der Waals surface area contributed by atoms with E-state index < -0.39 is 15.2 Å². The van der Waals surface area contributed by atoms with Gasteiger partial charge in [-0.3, -0.25) is 4.68 Å². The van der Waals surface area contributed by atoms with Crippen LogP contribution in [0.1, 0.15) is 29.5 Å². The highest BCUT2D eigenvalue weighted by molar-refractivity contribution is 7.91. The van der Waals surface area contributed by atoms with Crippen molar-refractivity contribution in [1.82, 2.24) is 9.78 Å². The largest absolute Gasteiger partial charge is 0.330 e. The van der Waals surface area contributed by atoms with Gasteiger partial charge >= 0.3 is 0 Å². The van der Waals surface area contributed by atoms with Gasteiger partial charge in [0.2, 0.25) is 0 Å². The van der Waals surface area contributed by atoms with Gasteiger partial charge < -0.3 is 5.73 Å². The second-order valence-electron chi connectivity index (χ2n) is 4.20. The summed E-state index contributed by atoms with van der Waals surface area (Å²) >= 11 is 0. The zero-order valence-electron chi connectivity index (χ0n) is 9.39. The third kappa shape index (κ3) is 1.87. The molecule has 2 heterocycles. The highest BCUT2D eigenvalue weighted by atomic mass is 32.2. The Balaban J connectivity index is 2.34. The molecular formula is C10H17N3O2S. The predicted molar refractivity (Wildman–Crippen MR) is 61.8 cm³/mol. The average molecular weight is 243 g/mol. The lowest BCUT2D eigenvalue weighted by atomic mass is 10.2. The van der Waals surface area contributed by atoms with Crippen molar-refractivity contribution in [3.63, 3.8) is 0 Å². The van der Waals surface area contributed by atoms with Crippen LogP contribution in [0.3, 0.4) is 0 Å². The summed E-state index contributed by atoms with van der Waals surface area (Å²) in [6, 6.07) is 0. The molecule has 1 aromatic heterocycles. The average Bonchev–Trinajstić information content (AvgIpc) is 2.72. The summed E-state index contributed by atoms with van der Waals surface area (Å²) < 4.78 is 25.2. The zero-order chi connectivity index (χ0) is 11.8. The van der Waals surface area contributed by atoms with E-state index in [4.69, 9.17) is 5.73 Å². The van der Waals surface area contributed by atoms with E-state index in [0.29, 0.717) is 13.0 Å². The number of aromatic nitrogens is 2. The van der Waals surface area contributed by atoms with E-state index in [0.717, 1.165) is 24.1 Å². The van der Waals surface area contributed by atoms with Gasteiger partial charge in [0.1, 0.15) is 0 Å². The summed E-state index contributed by atoms with van der Waals surface area (Å²) in [5.41, 5.74) is 7.47. The zero-order valence-corrected chi connectivity index (χ0v) is 10.2. The van der Waals surface area contributed by atoms with Gasteiger partial charge in [-0.15, -0.1) is 0 Å². The Hall–Kier alpha value is -0.880. The Labute approximate surface area is 95.6 Å². The second kappa shape index (κ2) is 4.18. The molecule has 90 valence electrons. The Morgan fingerprint density at radius 2 is 2.38 bits per heavy atom. The van der Waals surface area contributed by atoms with E-state index in [-0.39, 0.29) is 5.75 Å². The van der Waals surface area contributed by atoms with Crippen LogP contribution in [0, 0.1) is 6.92 Å². The third-order valence-corrected chi connectivity index (χ3v) is 5.25. The first-order valence-corrected chi connectivity index (χ1v) is 7.22. The van der Waals surface area contributed by atoms with Gasteiger partial charge in [-0.05, 0) is 38.3 Å². The number of nitrogens with two attached hydrogens (primary N) is 1. The maximum absolute atomic E-state index is 11.8. The molecule has 16 heavy (non-hydrogen) atoms. The standard InChI is InChI=1S/C10H17N3O2S/c1-8-9(4-5-11)7-12-13(8)10-3-2-6-16(10,14)15/h7,10H,2-6,11H2,1H3. The Kier molecular flexibility index (Phi) is 3.03. The minimum atomic E-state index is -3.00. The fraction of sp³-hybridized carbons (Fsp3) is 0.700. The number of nitrogens with zero attached hydrogens (tertiary/aromatic N) is 2. The van der Waals surface area contributed by atoms with E-state index in [1.165, 1.54) is 0 Å². The van der Waals surface area contributed by atoms with Crippen molar-refractivity contribution < 1.29 is 8.42 Å². The summed E-state index contributed by atoms with van der Waals surface area (Å²) in [6.45, 7) is 2.47. The monoisotopic (exact) mass is 243 g/mol. The molecular weight excluding hydrogens is 226 g/mol. The minimum absolute atomic E-state index is 0.281.